The van der Waals surface area contributed by atoms with Crippen molar-refractivity contribution < 1.29 is 9.53 Å². The molecule has 0 unspecified atom stereocenters. The summed E-state index contributed by atoms with van der Waals surface area (Å²) in [5, 5.41) is 12.3. The van der Waals surface area contributed by atoms with Gasteiger partial charge in [0, 0.05) is 11.6 Å². The fraction of sp³-hybridized carbons (Fsp3) is 0.250. The second-order valence-electron chi connectivity index (χ2n) is 3.72. The van der Waals surface area contributed by atoms with E-state index < -0.39 is 0 Å². The van der Waals surface area contributed by atoms with E-state index in [0.717, 1.165) is 0 Å². The molecule has 0 fully saturated rings. The van der Waals surface area contributed by atoms with Crippen molar-refractivity contribution in [2.24, 2.45) is 0 Å². The number of aromatic nitrogens is 2. The first-order valence-corrected chi connectivity index (χ1v) is 7.34. The number of ether oxygens (including phenoxy) is 1. The average Bonchev–Trinajstić information content (AvgIpc) is 2.86. The molecule has 0 bridgehead atoms. The lowest BCUT2D eigenvalue weighted by Gasteiger charge is -2.03. The molecule has 0 atom stereocenters. The zero-order valence-electron chi connectivity index (χ0n) is 10.5. The molecule has 0 aliphatic rings. The third-order valence-corrected chi connectivity index (χ3v) is 3.67. The molecular formula is C12H11Cl2N3O2S. The molecule has 0 aliphatic heterocycles. The lowest BCUT2D eigenvalue weighted by Crippen LogP contribution is -2.12. The predicted octanol–water partition coefficient (Wildman–Crippen LogP) is 3.63. The summed E-state index contributed by atoms with van der Waals surface area (Å²) >= 11 is 13.1. The van der Waals surface area contributed by atoms with Crippen molar-refractivity contribution in [3.05, 3.63) is 38.8 Å². The van der Waals surface area contributed by atoms with E-state index in [1.54, 1.807) is 12.1 Å². The van der Waals surface area contributed by atoms with Crippen LogP contribution >= 0.6 is 34.5 Å². The Bertz CT molecular complexity index is 618. The van der Waals surface area contributed by atoms with Gasteiger partial charge in [-0.05, 0) is 25.1 Å². The minimum atomic E-state index is -0.378. The van der Waals surface area contributed by atoms with Gasteiger partial charge in [-0.1, -0.05) is 34.5 Å². The van der Waals surface area contributed by atoms with Crippen LogP contribution in [0.15, 0.2) is 18.2 Å². The van der Waals surface area contributed by atoms with Crippen LogP contribution in [0.4, 0.5) is 5.13 Å². The summed E-state index contributed by atoms with van der Waals surface area (Å²) in [5.74, 6) is -0.378. The second-order valence-corrected chi connectivity index (χ2v) is 5.62. The number of carbonyl (C=O) groups excluding carboxylic acids is 1. The zero-order valence-corrected chi connectivity index (χ0v) is 12.8. The van der Waals surface area contributed by atoms with Crippen molar-refractivity contribution in [3.8, 4) is 0 Å². The Morgan fingerprint density at radius 2 is 2.20 bits per heavy atom. The van der Waals surface area contributed by atoms with Crippen molar-refractivity contribution >= 4 is 45.6 Å². The van der Waals surface area contributed by atoms with Gasteiger partial charge in [0.05, 0.1) is 10.6 Å². The zero-order chi connectivity index (χ0) is 14.5. The summed E-state index contributed by atoms with van der Waals surface area (Å²) in [5.41, 5.74) is 0.292. The van der Waals surface area contributed by atoms with Gasteiger partial charge in [0.25, 0.3) is 5.91 Å². The van der Waals surface area contributed by atoms with Gasteiger partial charge in [-0.15, -0.1) is 10.2 Å². The number of anilines is 1. The molecule has 1 aromatic heterocycles. The van der Waals surface area contributed by atoms with Crippen LogP contribution in [0.5, 0.6) is 0 Å². The third-order valence-electron chi connectivity index (χ3n) is 2.29. The highest BCUT2D eigenvalue weighted by Crippen LogP contribution is 2.23. The molecule has 1 aromatic carbocycles. The van der Waals surface area contributed by atoms with Gasteiger partial charge in [-0.25, -0.2) is 0 Å². The lowest BCUT2D eigenvalue weighted by atomic mass is 10.2. The van der Waals surface area contributed by atoms with Gasteiger partial charge >= 0.3 is 0 Å². The Labute approximate surface area is 129 Å². The van der Waals surface area contributed by atoms with Crippen LogP contribution in [0, 0.1) is 0 Å². The van der Waals surface area contributed by atoms with E-state index in [4.69, 9.17) is 27.9 Å². The van der Waals surface area contributed by atoms with E-state index in [1.165, 1.54) is 17.4 Å². The molecule has 1 amide bonds. The number of carbonyl (C=O) groups is 1. The van der Waals surface area contributed by atoms with Crippen molar-refractivity contribution in [2.75, 3.05) is 11.9 Å². The van der Waals surface area contributed by atoms with E-state index in [1.807, 2.05) is 6.92 Å². The molecule has 106 valence electrons. The quantitative estimate of drug-likeness (QED) is 0.908. The number of rotatable bonds is 5. The molecular weight excluding hydrogens is 321 g/mol. The van der Waals surface area contributed by atoms with E-state index >= 15 is 0 Å². The summed E-state index contributed by atoms with van der Waals surface area (Å²) in [4.78, 5) is 12.1. The Balaban J connectivity index is 2.07. The van der Waals surface area contributed by atoms with Crippen molar-refractivity contribution in [2.45, 2.75) is 13.5 Å². The Morgan fingerprint density at radius 1 is 1.40 bits per heavy atom. The van der Waals surface area contributed by atoms with E-state index in [9.17, 15) is 4.79 Å². The van der Waals surface area contributed by atoms with Crippen LogP contribution in [0.25, 0.3) is 0 Å². The van der Waals surface area contributed by atoms with Crippen LogP contribution < -0.4 is 5.32 Å². The van der Waals surface area contributed by atoms with Crippen LogP contribution in [-0.4, -0.2) is 22.7 Å². The van der Waals surface area contributed by atoms with Crippen LogP contribution in [0.1, 0.15) is 22.3 Å². The molecule has 5 nitrogen and oxygen atoms in total. The van der Waals surface area contributed by atoms with Crippen LogP contribution in [0.3, 0.4) is 0 Å². The first kappa shape index (κ1) is 15.2. The maximum Gasteiger partial charge on any atom is 0.259 e. The van der Waals surface area contributed by atoms with Crippen molar-refractivity contribution in [3.63, 3.8) is 0 Å². The fourth-order valence-electron chi connectivity index (χ4n) is 1.39. The highest BCUT2D eigenvalue weighted by atomic mass is 35.5. The topological polar surface area (TPSA) is 64.1 Å². The maximum absolute atomic E-state index is 12.1. The summed E-state index contributed by atoms with van der Waals surface area (Å²) in [6, 6.07) is 4.69. The second kappa shape index (κ2) is 6.99. The number of nitrogens with one attached hydrogen (secondary N) is 1. The molecule has 1 heterocycles. The molecule has 2 aromatic rings. The Morgan fingerprint density at radius 3 is 2.95 bits per heavy atom. The first-order chi connectivity index (χ1) is 9.60. The normalized spacial score (nSPS) is 10.6. The molecule has 2 rings (SSSR count). The standard InChI is InChI=1S/C12H11Cl2N3O2S/c1-2-19-6-10-16-17-12(20-10)15-11(18)8-5-7(13)3-4-9(8)14/h3-5H,2,6H2,1H3,(H,15,17,18). The smallest absolute Gasteiger partial charge is 0.259 e. The van der Waals surface area contributed by atoms with Crippen LogP contribution in [-0.2, 0) is 11.3 Å². The van der Waals surface area contributed by atoms with Crippen LogP contribution in [0.2, 0.25) is 10.0 Å². The van der Waals surface area contributed by atoms with Gasteiger partial charge < -0.3 is 4.74 Å². The summed E-state index contributed by atoms with van der Waals surface area (Å²) < 4.78 is 5.21. The summed E-state index contributed by atoms with van der Waals surface area (Å²) in [6.45, 7) is 2.87. The van der Waals surface area contributed by atoms with E-state index in [0.29, 0.717) is 39.0 Å². The fourth-order valence-corrected chi connectivity index (χ4v) is 2.44. The minimum Gasteiger partial charge on any atom is -0.374 e. The maximum atomic E-state index is 12.1. The molecule has 0 saturated heterocycles. The SMILES string of the molecule is CCOCc1nnc(NC(=O)c2cc(Cl)ccc2Cl)s1. The number of hydrogen-bond acceptors (Lipinski definition) is 5. The average molecular weight is 332 g/mol. The van der Waals surface area contributed by atoms with Gasteiger partial charge in [0.1, 0.15) is 11.6 Å². The number of amides is 1. The van der Waals surface area contributed by atoms with Crippen molar-refractivity contribution in [1.29, 1.82) is 0 Å². The lowest BCUT2D eigenvalue weighted by molar-refractivity contribution is 0.102. The van der Waals surface area contributed by atoms with Gasteiger partial charge in [-0.3, -0.25) is 10.1 Å². The largest absolute Gasteiger partial charge is 0.374 e. The summed E-state index contributed by atoms with van der Waals surface area (Å²) in [6.07, 6.45) is 0. The Kier molecular flexibility index (Phi) is 5.31. The third kappa shape index (κ3) is 3.89. The molecule has 0 saturated carbocycles. The number of hydrogen-bond donors (Lipinski definition) is 1. The number of benzene rings is 1. The highest BCUT2D eigenvalue weighted by molar-refractivity contribution is 7.15. The highest BCUT2D eigenvalue weighted by Gasteiger charge is 2.13. The molecule has 20 heavy (non-hydrogen) atoms. The monoisotopic (exact) mass is 331 g/mol. The molecule has 0 spiro atoms. The summed E-state index contributed by atoms with van der Waals surface area (Å²) in [7, 11) is 0. The van der Waals surface area contributed by atoms with E-state index in [-0.39, 0.29) is 5.91 Å². The van der Waals surface area contributed by atoms with E-state index in [2.05, 4.69) is 15.5 Å². The molecule has 8 heteroatoms. The number of nitrogens with zero attached hydrogens (tertiary/aromatic N) is 2. The minimum absolute atomic E-state index is 0.292. The molecule has 1 N–H and O–H groups in total. The first-order valence-electron chi connectivity index (χ1n) is 5.76. The van der Waals surface area contributed by atoms with Gasteiger partial charge in [0.2, 0.25) is 5.13 Å². The van der Waals surface area contributed by atoms with Gasteiger partial charge in [-0.2, -0.15) is 0 Å². The van der Waals surface area contributed by atoms with Crippen molar-refractivity contribution in [1.82, 2.24) is 10.2 Å². The number of halogens is 2. The Hall–Kier alpha value is -1.21. The predicted molar refractivity (Wildman–Crippen MR) is 79.7 cm³/mol. The molecule has 0 radical (unpaired) electrons. The molecule has 0 aliphatic carbocycles. The van der Waals surface area contributed by atoms with Gasteiger partial charge in [0.15, 0.2) is 0 Å².